The molecule has 1 heterocycles. The van der Waals surface area contributed by atoms with Gasteiger partial charge in [-0.1, -0.05) is 12.8 Å². The zero-order valence-corrected chi connectivity index (χ0v) is 10.5. The van der Waals surface area contributed by atoms with Gasteiger partial charge in [-0.2, -0.15) is 0 Å². The second kappa shape index (κ2) is 6.36. The zero-order chi connectivity index (χ0) is 12.1. The molecule has 17 heavy (non-hydrogen) atoms. The fourth-order valence-electron chi connectivity index (χ4n) is 2.94. The number of hydrogen-bond donors (Lipinski definition) is 3. The van der Waals surface area contributed by atoms with Gasteiger partial charge >= 0.3 is 0 Å². The van der Waals surface area contributed by atoms with E-state index in [0.717, 1.165) is 38.8 Å². The molecule has 3 N–H and O–H groups in total. The van der Waals surface area contributed by atoms with Crippen molar-refractivity contribution in [1.29, 1.82) is 0 Å². The van der Waals surface area contributed by atoms with E-state index >= 15 is 0 Å². The van der Waals surface area contributed by atoms with Crippen molar-refractivity contribution in [3.05, 3.63) is 0 Å². The van der Waals surface area contributed by atoms with Crippen LogP contribution in [0.2, 0.25) is 0 Å². The molecule has 1 aliphatic heterocycles. The topological polar surface area (TPSA) is 61.4 Å². The number of piperidine rings is 1. The smallest absolute Gasteiger partial charge is 0.223 e. The number of carbonyl (C=O) groups excluding carboxylic acids is 1. The first-order valence-corrected chi connectivity index (χ1v) is 6.94. The van der Waals surface area contributed by atoms with Crippen LogP contribution in [0.25, 0.3) is 0 Å². The Hall–Kier alpha value is -0.610. The van der Waals surface area contributed by atoms with Gasteiger partial charge in [-0.3, -0.25) is 4.79 Å². The van der Waals surface area contributed by atoms with Crippen molar-refractivity contribution in [2.75, 3.05) is 19.6 Å². The van der Waals surface area contributed by atoms with Crippen molar-refractivity contribution in [1.82, 2.24) is 10.6 Å². The molecule has 0 radical (unpaired) electrons. The van der Waals surface area contributed by atoms with Gasteiger partial charge in [-0.25, -0.2) is 0 Å². The Labute approximate surface area is 103 Å². The third-order valence-corrected chi connectivity index (χ3v) is 4.14. The number of amides is 1. The molecule has 1 atom stereocenters. The lowest BCUT2D eigenvalue weighted by Crippen LogP contribution is -2.42. The highest BCUT2D eigenvalue weighted by Crippen LogP contribution is 2.27. The maximum atomic E-state index is 11.9. The number of aliphatic hydroxyl groups is 1. The first-order chi connectivity index (χ1) is 8.27. The molecule has 0 bridgehead atoms. The molecule has 1 unspecified atom stereocenters. The molecule has 1 aliphatic carbocycles. The van der Waals surface area contributed by atoms with Gasteiger partial charge in [0.15, 0.2) is 0 Å². The SMILES string of the molecule is O=C(NCC(O)C1CCCC1)C1CCNCC1. The van der Waals surface area contributed by atoms with Crippen molar-refractivity contribution in [2.24, 2.45) is 11.8 Å². The summed E-state index contributed by atoms with van der Waals surface area (Å²) in [6.45, 7) is 2.31. The van der Waals surface area contributed by atoms with Crippen LogP contribution in [-0.2, 0) is 4.79 Å². The molecular formula is C13H24N2O2. The highest BCUT2D eigenvalue weighted by atomic mass is 16.3. The molecule has 2 fully saturated rings. The summed E-state index contributed by atoms with van der Waals surface area (Å²) in [5.74, 6) is 0.680. The Morgan fingerprint density at radius 3 is 2.53 bits per heavy atom. The summed E-state index contributed by atoms with van der Waals surface area (Å²) >= 11 is 0. The fraction of sp³-hybridized carbons (Fsp3) is 0.923. The summed E-state index contributed by atoms with van der Waals surface area (Å²) in [7, 11) is 0. The lowest BCUT2D eigenvalue weighted by molar-refractivity contribution is -0.126. The predicted octanol–water partition coefficient (Wildman–Crippen LogP) is 0.653. The molecule has 0 spiro atoms. The summed E-state index contributed by atoms with van der Waals surface area (Å²) in [4.78, 5) is 11.9. The molecule has 4 heteroatoms. The molecule has 1 saturated carbocycles. The summed E-state index contributed by atoms with van der Waals surface area (Å²) in [6.07, 6.45) is 6.18. The quantitative estimate of drug-likeness (QED) is 0.676. The summed E-state index contributed by atoms with van der Waals surface area (Å²) < 4.78 is 0. The molecule has 2 rings (SSSR count). The fourth-order valence-corrected chi connectivity index (χ4v) is 2.94. The van der Waals surface area contributed by atoms with E-state index in [9.17, 15) is 9.90 Å². The van der Waals surface area contributed by atoms with Crippen LogP contribution < -0.4 is 10.6 Å². The molecule has 2 aliphatic rings. The van der Waals surface area contributed by atoms with Gasteiger partial charge in [0.25, 0.3) is 0 Å². The zero-order valence-electron chi connectivity index (χ0n) is 10.5. The molecule has 1 amide bonds. The third kappa shape index (κ3) is 3.68. The van der Waals surface area contributed by atoms with Crippen molar-refractivity contribution >= 4 is 5.91 Å². The minimum Gasteiger partial charge on any atom is -0.391 e. The van der Waals surface area contributed by atoms with E-state index in [0.29, 0.717) is 12.5 Å². The molecule has 0 aromatic heterocycles. The molecular weight excluding hydrogens is 216 g/mol. The van der Waals surface area contributed by atoms with Crippen molar-refractivity contribution in [3.63, 3.8) is 0 Å². The van der Waals surface area contributed by atoms with Crippen LogP contribution in [0.3, 0.4) is 0 Å². The first kappa shape index (κ1) is 12.8. The maximum absolute atomic E-state index is 11.9. The first-order valence-electron chi connectivity index (χ1n) is 6.94. The summed E-state index contributed by atoms with van der Waals surface area (Å²) in [6, 6.07) is 0. The van der Waals surface area contributed by atoms with Gasteiger partial charge < -0.3 is 15.7 Å². The van der Waals surface area contributed by atoms with Gasteiger partial charge in [-0.05, 0) is 44.7 Å². The number of hydrogen-bond acceptors (Lipinski definition) is 3. The molecule has 0 aromatic carbocycles. The van der Waals surface area contributed by atoms with Crippen LogP contribution >= 0.6 is 0 Å². The third-order valence-electron chi connectivity index (χ3n) is 4.14. The van der Waals surface area contributed by atoms with E-state index in [-0.39, 0.29) is 17.9 Å². The Morgan fingerprint density at radius 1 is 1.24 bits per heavy atom. The lowest BCUT2D eigenvalue weighted by Gasteiger charge is -2.23. The highest BCUT2D eigenvalue weighted by molar-refractivity contribution is 5.78. The Balaban J connectivity index is 1.67. The average molecular weight is 240 g/mol. The van der Waals surface area contributed by atoms with Gasteiger partial charge in [0.1, 0.15) is 0 Å². The van der Waals surface area contributed by atoms with E-state index in [1.54, 1.807) is 0 Å². The van der Waals surface area contributed by atoms with E-state index in [2.05, 4.69) is 10.6 Å². The van der Waals surface area contributed by atoms with E-state index < -0.39 is 0 Å². The van der Waals surface area contributed by atoms with Crippen LogP contribution in [0, 0.1) is 11.8 Å². The average Bonchev–Trinajstić information content (AvgIpc) is 2.90. The van der Waals surface area contributed by atoms with Crippen molar-refractivity contribution in [3.8, 4) is 0 Å². The van der Waals surface area contributed by atoms with E-state index in [1.165, 1.54) is 12.8 Å². The van der Waals surface area contributed by atoms with Crippen LogP contribution in [0.5, 0.6) is 0 Å². The molecule has 98 valence electrons. The van der Waals surface area contributed by atoms with E-state index in [1.807, 2.05) is 0 Å². The standard InChI is InChI=1S/C13H24N2O2/c16-12(10-3-1-2-4-10)9-15-13(17)11-5-7-14-8-6-11/h10-12,14,16H,1-9H2,(H,15,17). The number of rotatable bonds is 4. The van der Waals surface area contributed by atoms with Crippen LogP contribution in [-0.4, -0.2) is 36.8 Å². The molecule has 4 nitrogen and oxygen atoms in total. The van der Waals surface area contributed by atoms with Crippen LogP contribution in [0.1, 0.15) is 38.5 Å². The maximum Gasteiger partial charge on any atom is 0.223 e. The number of carbonyl (C=O) groups is 1. The second-order valence-corrected chi connectivity index (χ2v) is 5.38. The largest absolute Gasteiger partial charge is 0.391 e. The van der Waals surface area contributed by atoms with Crippen molar-refractivity contribution < 1.29 is 9.90 Å². The second-order valence-electron chi connectivity index (χ2n) is 5.38. The normalized spacial score (nSPS) is 24.8. The van der Waals surface area contributed by atoms with Gasteiger partial charge in [0, 0.05) is 12.5 Å². The number of nitrogens with one attached hydrogen (secondary N) is 2. The lowest BCUT2D eigenvalue weighted by atomic mass is 9.96. The highest BCUT2D eigenvalue weighted by Gasteiger charge is 2.25. The van der Waals surface area contributed by atoms with Gasteiger partial charge in [0.05, 0.1) is 6.10 Å². The summed E-state index contributed by atoms with van der Waals surface area (Å²) in [5.41, 5.74) is 0. The predicted molar refractivity (Wildman–Crippen MR) is 66.6 cm³/mol. The minimum absolute atomic E-state index is 0.128. The van der Waals surface area contributed by atoms with Gasteiger partial charge in [-0.15, -0.1) is 0 Å². The van der Waals surface area contributed by atoms with E-state index in [4.69, 9.17) is 0 Å². The minimum atomic E-state index is -0.344. The van der Waals surface area contributed by atoms with Crippen LogP contribution in [0.15, 0.2) is 0 Å². The Morgan fingerprint density at radius 2 is 1.88 bits per heavy atom. The van der Waals surface area contributed by atoms with Crippen LogP contribution in [0.4, 0.5) is 0 Å². The Kier molecular flexibility index (Phi) is 4.80. The van der Waals surface area contributed by atoms with Crippen molar-refractivity contribution in [2.45, 2.75) is 44.6 Å². The monoisotopic (exact) mass is 240 g/mol. The molecule has 1 saturated heterocycles. The molecule has 0 aromatic rings. The number of aliphatic hydroxyl groups excluding tert-OH is 1. The van der Waals surface area contributed by atoms with Gasteiger partial charge in [0.2, 0.25) is 5.91 Å². The Bertz CT molecular complexity index is 246. The summed E-state index contributed by atoms with van der Waals surface area (Å²) in [5, 5.41) is 16.1.